The third-order valence-corrected chi connectivity index (χ3v) is 3.52. The molecule has 0 saturated carbocycles. The van der Waals surface area contributed by atoms with E-state index < -0.39 is 11.9 Å². The average molecular weight is 315 g/mol. The maximum atomic E-state index is 11.8. The summed E-state index contributed by atoms with van der Waals surface area (Å²) in [5.74, 6) is -1.09. The number of nitrogens with one attached hydrogen (secondary N) is 1. The van der Waals surface area contributed by atoms with Crippen LogP contribution in [0.1, 0.15) is 16.9 Å². The van der Waals surface area contributed by atoms with E-state index in [1.54, 1.807) is 5.38 Å². The van der Waals surface area contributed by atoms with Gasteiger partial charge < -0.3 is 10.1 Å². The molecule has 0 aliphatic heterocycles. The Morgan fingerprint density at radius 2 is 2.09 bits per heavy atom. The molecule has 6 nitrogen and oxygen atoms in total. The lowest BCUT2D eigenvalue weighted by atomic mass is 10.2. The second kappa shape index (κ2) is 7.90. The number of benzene rings is 1. The van der Waals surface area contributed by atoms with Crippen molar-refractivity contribution in [2.24, 2.45) is 0 Å². The Hall–Kier alpha value is -2.72. The molecule has 1 aromatic carbocycles. The number of hydrogen-bond donors (Lipinski definition) is 1. The van der Waals surface area contributed by atoms with Crippen molar-refractivity contribution < 1.29 is 14.3 Å². The fraction of sp³-hybridized carbons (Fsp3) is 0.200. The molecule has 0 bridgehead atoms. The molecule has 112 valence electrons. The highest BCUT2D eigenvalue weighted by Crippen LogP contribution is 2.23. The minimum Gasteiger partial charge on any atom is -0.451 e. The van der Waals surface area contributed by atoms with Crippen molar-refractivity contribution in [3.05, 3.63) is 41.4 Å². The number of hydrogen-bond acceptors (Lipinski definition) is 6. The molecule has 1 aromatic heterocycles. The van der Waals surface area contributed by atoms with E-state index in [1.807, 2.05) is 36.4 Å². The van der Waals surface area contributed by atoms with Crippen LogP contribution in [0.15, 0.2) is 35.7 Å². The van der Waals surface area contributed by atoms with Crippen LogP contribution in [0.5, 0.6) is 0 Å². The van der Waals surface area contributed by atoms with Crippen LogP contribution in [0.2, 0.25) is 0 Å². The van der Waals surface area contributed by atoms with Gasteiger partial charge in [0.2, 0.25) is 0 Å². The average Bonchev–Trinajstić information content (AvgIpc) is 3.04. The second-order valence-electron chi connectivity index (χ2n) is 4.24. The summed E-state index contributed by atoms with van der Waals surface area (Å²) in [7, 11) is 0. The summed E-state index contributed by atoms with van der Waals surface area (Å²) >= 11 is 1.33. The van der Waals surface area contributed by atoms with Crippen molar-refractivity contribution in [3.8, 4) is 16.6 Å². The predicted octanol–water partition coefficient (Wildman–Crippen LogP) is 2.00. The summed E-state index contributed by atoms with van der Waals surface area (Å²) in [4.78, 5) is 27.4. The highest BCUT2D eigenvalue weighted by molar-refractivity contribution is 7.13. The zero-order chi connectivity index (χ0) is 15.8. The third kappa shape index (κ3) is 4.40. The molecule has 0 spiro atoms. The highest BCUT2D eigenvalue weighted by atomic mass is 32.1. The van der Waals surface area contributed by atoms with Gasteiger partial charge in [-0.3, -0.25) is 4.79 Å². The molecule has 2 aromatic rings. The number of aromatic nitrogens is 1. The lowest BCUT2D eigenvalue weighted by Gasteiger charge is -2.03. The van der Waals surface area contributed by atoms with Crippen molar-refractivity contribution in [1.82, 2.24) is 10.3 Å². The van der Waals surface area contributed by atoms with Crippen molar-refractivity contribution in [3.63, 3.8) is 0 Å². The van der Waals surface area contributed by atoms with Crippen molar-refractivity contribution in [1.29, 1.82) is 5.26 Å². The second-order valence-corrected chi connectivity index (χ2v) is 5.10. The molecule has 0 atom stereocenters. The van der Waals surface area contributed by atoms with Crippen LogP contribution in [0.3, 0.4) is 0 Å². The number of thiazole rings is 1. The Kier molecular flexibility index (Phi) is 5.63. The lowest BCUT2D eigenvalue weighted by molar-refractivity contribution is -0.124. The number of esters is 1. The van der Waals surface area contributed by atoms with E-state index in [-0.39, 0.29) is 25.3 Å². The van der Waals surface area contributed by atoms with Crippen molar-refractivity contribution in [2.45, 2.75) is 6.42 Å². The molecule has 0 unspecified atom stereocenters. The maximum Gasteiger partial charge on any atom is 0.358 e. The van der Waals surface area contributed by atoms with Gasteiger partial charge in [0.15, 0.2) is 12.3 Å². The van der Waals surface area contributed by atoms with Gasteiger partial charge in [0.05, 0.1) is 12.5 Å². The number of rotatable bonds is 6. The Bertz CT molecular complexity index is 692. The molecule has 0 saturated heterocycles. The van der Waals surface area contributed by atoms with E-state index in [4.69, 9.17) is 10.00 Å². The molecule has 1 heterocycles. The van der Waals surface area contributed by atoms with Crippen LogP contribution in [-0.2, 0) is 9.53 Å². The van der Waals surface area contributed by atoms with Crippen LogP contribution in [-0.4, -0.2) is 30.0 Å². The van der Waals surface area contributed by atoms with Gasteiger partial charge in [-0.05, 0) is 0 Å². The van der Waals surface area contributed by atoms with Crippen LogP contribution >= 0.6 is 11.3 Å². The van der Waals surface area contributed by atoms with Gasteiger partial charge in [-0.15, -0.1) is 11.3 Å². The Morgan fingerprint density at radius 3 is 2.82 bits per heavy atom. The number of amides is 1. The monoisotopic (exact) mass is 315 g/mol. The van der Waals surface area contributed by atoms with E-state index in [0.29, 0.717) is 5.01 Å². The van der Waals surface area contributed by atoms with Crippen molar-refractivity contribution in [2.75, 3.05) is 13.2 Å². The first-order valence-corrected chi connectivity index (χ1v) is 7.40. The topological polar surface area (TPSA) is 92.1 Å². The first-order chi connectivity index (χ1) is 10.7. The minimum absolute atomic E-state index is 0.175. The molecule has 2 rings (SSSR count). The van der Waals surface area contributed by atoms with Gasteiger partial charge in [0.1, 0.15) is 5.01 Å². The molecule has 7 heteroatoms. The van der Waals surface area contributed by atoms with Crippen LogP contribution in [0, 0.1) is 11.3 Å². The fourth-order valence-electron chi connectivity index (χ4n) is 1.59. The molecule has 0 aliphatic carbocycles. The summed E-state index contributed by atoms with van der Waals surface area (Å²) < 4.78 is 4.88. The Balaban J connectivity index is 1.87. The Morgan fingerprint density at radius 1 is 1.32 bits per heavy atom. The molecular formula is C15H13N3O3S. The molecular weight excluding hydrogens is 302 g/mol. The number of nitrogens with zero attached hydrogens (tertiary/aromatic N) is 2. The zero-order valence-corrected chi connectivity index (χ0v) is 12.4. The number of carbonyl (C=O) groups is 2. The predicted molar refractivity (Wildman–Crippen MR) is 81.1 cm³/mol. The van der Waals surface area contributed by atoms with Gasteiger partial charge >= 0.3 is 5.97 Å². The number of carbonyl (C=O) groups excluding carboxylic acids is 2. The van der Waals surface area contributed by atoms with E-state index in [2.05, 4.69) is 10.3 Å². The van der Waals surface area contributed by atoms with E-state index >= 15 is 0 Å². The fourth-order valence-corrected chi connectivity index (χ4v) is 2.39. The standard InChI is InChI=1S/C15H13N3O3S/c16-7-4-8-17-13(19)9-21-15(20)12-10-22-14(18-12)11-5-2-1-3-6-11/h1-3,5-6,10H,4,8-9H2,(H,17,19). The largest absolute Gasteiger partial charge is 0.451 e. The molecule has 22 heavy (non-hydrogen) atoms. The summed E-state index contributed by atoms with van der Waals surface area (Å²) in [6.45, 7) is -0.149. The van der Waals surface area contributed by atoms with Gasteiger partial charge in [-0.25, -0.2) is 9.78 Å². The number of nitriles is 1. The normalized spacial score (nSPS) is 9.77. The van der Waals surface area contributed by atoms with Gasteiger partial charge in [-0.2, -0.15) is 5.26 Å². The van der Waals surface area contributed by atoms with Gasteiger partial charge in [-0.1, -0.05) is 30.3 Å². The first-order valence-electron chi connectivity index (χ1n) is 6.52. The van der Waals surface area contributed by atoms with Crippen molar-refractivity contribution >= 4 is 23.2 Å². The summed E-state index contributed by atoms with van der Waals surface area (Å²) in [5.41, 5.74) is 1.09. The Labute approximate surface area is 131 Å². The van der Waals surface area contributed by atoms with Crippen LogP contribution in [0.25, 0.3) is 10.6 Å². The zero-order valence-electron chi connectivity index (χ0n) is 11.6. The molecule has 1 N–H and O–H groups in total. The number of ether oxygens (including phenoxy) is 1. The highest BCUT2D eigenvalue weighted by Gasteiger charge is 2.14. The van der Waals surface area contributed by atoms with E-state index in [0.717, 1.165) is 5.56 Å². The lowest BCUT2D eigenvalue weighted by Crippen LogP contribution is -2.29. The molecule has 0 radical (unpaired) electrons. The quantitative estimate of drug-likeness (QED) is 0.650. The molecule has 0 fully saturated rings. The smallest absolute Gasteiger partial charge is 0.358 e. The summed E-state index contributed by atoms with van der Waals surface area (Å²) in [5, 5.41) is 13.1. The minimum atomic E-state index is -0.645. The van der Waals surface area contributed by atoms with E-state index in [9.17, 15) is 9.59 Å². The first kappa shape index (κ1) is 15.7. The van der Waals surface area contributed by atoms with Crippen LogP contribution < -0.4 is 5.32 Å². The van der Waals surface area contributed by atoms with E-state index in [1.165, 1.54) is 11.3 Å². The molecule has 1 amide bonds. The summed E-state index contributed by atoms with van der Waals surface area (Å²) in [6.07, 6.45) is 0.214. The van der Waals surface area contributed by atoms with Crippen LogP contribution in [0.4, 0.5) is 0 Å². The maximum absolute atomic E-state index is 11.8. The van der Waals surface area contributed by atoms with Gasteiger partial charge in [0.25, 0.3) is 5.91 Å². The summed E-state index contributed by atoms with van der Waals surface area (Å²) in [6, 6.07) is 11.4. The molecule has 0 aliphatic rings. The van der Waals surface area contributed by atoms with Gasteiger partial charge in [0, 0.05) is 17.5 Å². The third-order valence-electron chi connectivity index (χ3n) is 2.63. The SMILES string of the molecule is N#CCCNC(=O)COC(=O)c1csc(-c2ccccc2)n1.